The molecule has 1 aromatic heterocycles. The molecule has 0 bridgehead atoms. The molecular weight excluding hydrogens is 256 g/mol. The zero-order valence-corrected chi connectivity index (χ0v) is 12.0. The first-order chi connectivity index (χ1) is 9.47. The summed E-state index contributed by atoms with van der Waals surface area (Å²) in [6.45, 7) is 4.19. The van der Waals surface area contributed by atoms with Gasteiger partial charge in [0.15, 0.2) is 0 Å². The van der Waals surface area contributed by atoms with E-state index < -0.39 is 0 Å². The molecule has 1 aliphatic heterocycles. The van der Waals surface area contributed by atoms with E-state index in [4.69, 9.17) is 5.73 Å². The van der Waals surface area contributed by atoms with Crippen LogP contribution in [-0.2, 0) is 11.3 Å². The number of nitrogens with one attached hydrogen (secondary N) is 1. The maximum absolute atomic E-state index is 12.1. The van der Waals surface area contributed by atoms with Crippen LogP contribution in [0.2, 0.25) is 0 Å². The second kappa shape index (κ2) is 6.09. The van der Waals surface area contributed by atoms with Crippen LogP contribution in [0, 0.1) is 0 Å². The number of carbonyl (C=O) groups is 1. The molecule has 0 spiro atoms. The van der Waals surface area contributed by atoms with Crippen LogP contribution in [-0.4, -0.2) is 27.6 Å². The molecule has 20 heavy (non-hydrogen) atoms. The van der Waals surface area contributed by atoms with Gasteiger partial charge in [-0.15, -0.1) is 0 Å². The third kappa shape index (κ3) is 3.39. The van der Waals surface area contributed by atoms with Gasteiger partial charge in [-0.1, -0.05) is 6.42 Å². The summed E-state index contributed by atoms with van der Waals surface area (Å²) >= 11 is 0. The first kappa shape index (κ1) is 14.6. The van der Waals surface area contributed by atoms with Crippen LogP contribution >= 0.6 is 0 Å². The summed E-state index contributed by atoms with van der Waals surface area (Å²) < 4.78 is 1.32. The van der Waals surface area contributed by atoms with E-state index in [-0.39, 0.29) is 18.0 Å². The number of anilines is 1. The summed E-state index contributed by atoms with van der Waals surface area (Å²) in [4.78, 5) is 23.7. The summed E-state index contributed by atoms with van der Waals surface area (Å²) in [7, 11) is 0. The number of nitrogens with two attached hydrogens (primary N) is 1. The van der Waals surface area contributed by atoms with E-state index >= 15 is 0 Å². The van der Waals surface area contributed by atoms with E-state index in [2.05, 4.69) is 19.3 Å². The number of nitrogen functional groups attached to an aromatic ring is 1. The van der Waals surface area contributed by atoms with E-state index in [1.807, 2.05) is 5.01 Å². The molecular formula is C14H22N4O2. The van der Waals surface area contributed by atoms with Gasteiger partial charge in [0.1, 0.15) is 6.54 Å². The fourth-order valence-corrected chi connectivity index (χ4v) is 2.65. The quantitative estimate of drug-likeness (QED) is 0.854. The minimum Gasteiger partial charge on any atom is -0.398 e. The molecule has 1 aromatic rings. The minimum absolute atomic E-state index is 0.0141. The van der Waals surface area contributed by atoms with Crippen molar-refractivity contribution in [3.63, 3.8) is 0 Å². The van der Waals surface area contributed by atoms with Crippen molar-refractivity contribution in [2.75, 3.05) is 5.73 Å². The number of piperidine rings is 1. The summed E-state index contributed by atoms with van der Waals surface area (Å²) in [5, 5.41) is 1.99. The molecule has 110 valence electrons. The smallest absolute Gasteiger partial charge is 0.254 e. The number of nitrogens with zero attached hydrogens (tertiary/aromatic N) is 2. The largest absolute Gasteiger partial charge is 0.398 e. The van der Waals surface area contributed by atoms with Crippen LogP contribution in [0.5, 0.6) is 0 Å². The first-order valence-electron chi connectivity index (χ1n) is 7.01. The van der Waals surface area contributed by atoms with E-state index in [0.29, 0.717) is 17.8 Å². The highest BCUT2D eigenvalue weighted by Gasteiger charge is 2.26. The van der Waals surface area contributed by atoms with Crippen molar-refractivity contribution in [2.24, 2.45) is 0 Å². The average molecular weight is 278 g/mol. The van der Waals surface area contributed by atoms with Crippen LogP contribution in [0.1, 0.15) is 33.1 Å². The summed E-state index contributed by atoms with van der Waals surface area (Å²) in [6, 6.07) is 3.54. The van der Waals surface area contributed by atoms with Crippen molar-refractivity contribution < 1.29 is 4.79 Å². The molecule has 2 unspecified atom stereocenters. The Balaban J connectivity index is 2.01. The minimum atomic E-state index is -0.228. The topological polar surface area (TPSA) is 80.4 Å². The molecule has 2 heterocycles. The Kier molecular flexibility index (Phi) is 4.44. The summed E-state index contributed by atoms with van der Waals surface area (Å²) in [6.07, 6.45) is 4.82. The van der Waals surface area contributed by atoms with E-state index in [1.54, 1.807) is 0 Å². The van der Waals surface area contributed by atoms with Crippen LogP contribution in [0.25, 0.3) is 0 Å². The third-order valence-corrected chi connectivity index (χ3v) is 3.77. The number of pyridine rings is 1. The fraction of sp³-hybridized carbons (Fsp3) is 0.571. The second-order valence-electron chi connectivity index (χ2n) is 5.50. The zero-order valence-electron chi connectivity index (χ0n) is 12.0. The van der Waals surface area contributed by atoms with Crippen molar-refractivity contribution in [3.8, 4) is 0 Å². The zero-order chi connectivity index (χ0) is 14.7. The maximum atomic E-state index is 12.1. The fourth-order valence-electron chi connectivity index (χ4n) is 2.65. The Morgan fingerprint density at radius 1 is 1.35 bits per heavy atom. The Morgan fingerprint density at radius 2 is 2.00 bits per heavy atom. The summed E-state index contributed by atoms with van der Waals surface area (Å²) in [5.41, 5.74) is 8.78. The summed E-state index contributed by atoms with van der Waals surface area (Å²) in [5.74, 6) is -0.196. The molecule has 0 saturated carbocycles. The van der Waals surface area contributed by atoms with Gasteiger partial charge < -0.3 is 10.3 Å². The lowest BCUT2D eigenvalue weighted by Gasteiger charge is -2.38. The van der Waals surface area contributed by atoms with Crippen LogP contribution < -0.4 is 16.7 Å². The van der Waals surface area contributed by atoms with Gasteiger partial charge in [-0.2, -0.15) is 0 Å². The molecule has 0 radical (unpaired) electrons. The Hall–Kier alpha value is -1.82. The molecule has 6 heteroatoms. The van der Waals surface area contributed by atoms with Crippen molar-refractivity contribution in [1.82, 2.24) is 15.0 Å². The Labute approximate surface area is 118 Å². The van der Waals surface area contributed by atoms with Gasteiger partial charge in [0.05, 0.1) is 0 Å². The number of rotatable bonds is 3. The van der Waals surface area contributed by atoms with E-state index in [9.17, 15) is 9.59 Å². The van der Waals surface area contributed by atoms with Gasteiger partial charge in [0, 0.05) is 30.0 Å². The second-order valence-corrected chi connectivity index (χ2v) is 5.50. The van der Waals surface area contributed by atoms with Crippen molar-refractivity contribution in [3.05, 3.63) is 28.7 Å². The third-order valence-electron chi connectivity index (χ3n) is 3.77. The van der Waals surface area contributed by atoms with Gasteiger partial charge in [-0.05, 0) is 32.8 Å². The predicted octanol–water partition coefficient (Wildman–Crippen LogP) is 0.725. The number of carbonyl (C=O) groups excluding carboxylic acids is 1. The number of hydrogen-bond donors (Lipinski definition) is 2. The first-order valence-corrected chi connectivity index (χ1v) is 7.01. The Morgan fingerprint density at radius 3 is 2.65 bits per heavy atom. The predicted molar refractivity (Wildman–Crippen MR) is 77.9 cm³/mol. The molecule has 1 amide bonds. The van der Waals surface area contributed by atoms with Crippen molar-refractivity contribution in [2.45, 2.75) is 51.7 Å². The number of hydrogen-bond acceptors (Lipinski definition) is 4. The molecule has 0 aromatic carbocycles. The maximum Gasteiger partial charge on any atom is 0.254 e. The van der Waals surface area contributed by atoms with Crippen LogP contribution in [0.3, 0.4) is 0 Å². The molecule has 2 rings (SSSR count). The van der Waals surface area contributed by atoms with Gasteiger partial charge >= 0.3 is 0 Å². The van der Waals surface area contributed by atoms with Crippen LogP contribution in [0.4, 0.5) is 5.69 Å². The number of amides is 1. The standard InChI is InChI=1S/C14H22N4O2/c1-10-4-3-5-11(2)18(10)16-13(19)9-17-8-12(15)6-7-14(17)20/h6-8,10-11H,3-5,9,15H2,1-2H3,(H,16,19). The van der Waals surface area contributed by atoms with Gasteiger partial charge in [0.2, 0.25) is 0 Å². The molecule has 1 saturated heterocycles. The molecule has 1 fully saturated rings. The van der Waals surface area contributed by atoms with Gasteiger partial charge in [-0.25, -0.2) is 5.01 Å². The molecule has 3 N–H and O–H groups in total. The lowest BCUT2D eigenvalue weighted by atomic mass is 10.00. The molecule has 1 aliphatic rings. The average Bonchev–Trinajstić information content (AvgIpc) is 2.38. The number of hydrazine groups is 1. The normalized spacial score (nSPS) is 23.5. The highest BCUT2D eigenvalue weighted by molar-refractivity contribution is 5.75. The molecule has 0 aliphatic carbocycles. The van der Waals surface area contributed by atoms with Crippen LogP contribution in [0.15, 0.2) is 23.1 Å². The lowest BCUT2D eigenvalue weighted by Crippen LogP contribution is -2.55. The molecule has 6 nitrogen and oxygen atoms in total. The monoisotopic (exact) mass is 278 g/mol. The van der Waals surface area contributed by atoms with Crippen molar-refractivity contribution in [1.29, 1.82) is 0 Å². The Bertz CT molecular complexity index is 530. The highest BCUT2D eigenvalue weighted by atomic mass is 16.2. The van der Waals surface area contributed by atoms with E-state index in [1.165, 1.54) is 29.3 Å². The van der Waals surface area contributed by atoms with Gasteiger partial charge in [-0.3, -0.25) is 15.0 Å². The number of aromatic nitrogens is 1. The molecule has 2 atom stereocenters. The lowest BCUT2D eigenvalue weighted by molar-refractivity contribution is -0.130. The highest BCUT2D eigenvalue weighted by Crippen LogP contribution is 2.20. The van der Waals surface area contributed by atoms with Gasteiger partial charge in [0.25, 0.3) is 11.5 Å². The SMILES string of the molecule is CC1CCCC(C)N1NC(=O)Cn1cc(N)ccc1=O. The van der Waals surface area contributed by atoms with E-state index in [0.717, 1.165) is 12.8 Å². The van der Waals surface area contributed by atoms with Crippen molar-refractivity contribution >= 4 is 11.6 Å².